The summed E-state index contributed by atoms with van der Waals surface area (Å²) in [6.45, 7) is 0. The van der Waals surface area contributed by atoms with E-state index in [0.717, 1.165) is 12.1 Å². The van der Waals surface area contributed by atoms with Crippen molar-refractivity contribution in [2.75, 3.05) is 0 Å². The molecule has 0 aromatic heterocycles. The molecule has 0 unspecified atom stereocenters. The van der Waals surface area contributed by atoms with Gasteiger partial charge in [0.05, 0.1) is 21.2 Å². The van der Waals surface area contributed by atoms with E-state index in [1.807, 2.05) is 0 Å². The molecule has 0 bridgehead atoms. The van der Waals surface area contributed by atoms with Crippen LogP contribution in [0.2, 0.25) is 10.0 Å². The van der Waals surface area contributed by atoms with E-state index in [4.69, 9.17) is 23.2 Å². The molecule has 0 fully saturated rings. The zero-order valence-corrected chi connectivity index (χ0v) is 12.1. The number of halogens is 5. The topological polar surface area (TPSA) is 17.1 Å². The van der Waals surface area contributed by atoms with Crippen molar-refractivity contribution >= 4 is 29.0 Å². The van der Waals surface area contributed by atoms with Crippen LogP contribution in [0.25, 0.3) is 0 Å². The number of alkyl halides is 3. The van der Waals surface area contributed by atoms with Gasteiger partial charge in [-0.3, -0.25) is 4.79 Å². The molecule has 0 aliphatic rings. The molecule has 0 radical (unpaired) electrons. The number of rotatable bonds is 3. The second-order valence-corrected chi connectivity index (χ2v) is 5.21. The quantitative estimate of drug-likeness (QED) is 0.684. The smallest absolute Gasteiger partial charge is 0.294 e. The molecule has 0 aliphatic heterocycles. The Labute approximate surface area is 129 Å². The first-order valence-corrected chi connectivity index (χ1v) is 6.68. The summed E-state index contributed by atoms with van der Waals surface area (Å²) in [5.74, 6) is -0.342. The summed E-state index contributed by atoms with van der Waals surface area (Å²) in [6, 6.07) is 9.10. The third-order valence-electron chi connectivity index (χ3n) is 2.89. The van der Waals surface area contributed by atoms with Crippen LogP contribution in [-0.4, -0.2) is 5.78 Å². The summed E-state index contributed by atoms with van der Waals surface area (Å²) >= 11 is 11.8. The predicted molar refractivity (Wildman–Crippen MR) is 75.9 cm³/mol. The van der Waals surface area contributed by atoms with E-state index >= 15 is 0 Å². The van der Waals surface area contributed by atoms with Crippen molar-refractivity contribution in [3.63, 3.8) is 0 Å². The second kappa shape index (κ2) is 6.08. The summed E-state index contributed by atoms with van der Waals surface area (Å²) in [5.41, 5.74) is -0.112. The number of ketones is 1. The van der Waals surface area contributed by atoms with Crippen LogP contribution < -0.4 is 0 Å². The largest absolute Gasteiger partial charge is 0.416 e. The van der Waals surface area contributed by atoms with Crippen molar-refractivity contribution in [1.82, 2.24) is 0 Å². The highest BCUT2D eigenvalue weighted by Crippen LogP contribution is 2.30. The average Bonchev–Trinajstić information content (AvgIpc) is 2.38. The van der Waals surface area contributed by atoms with Crippen molar-refractivity contribution in [2.45, 2.75) is 12.6 Å². The normalized spacial score (nSPS) is 11.5. The summed E-state index contributed by atoms with van der Waals surface area (Å²) in [7, 11) is 0. The third kappa shape index (κ3) is 3.77. The Morgan fingerprint density at radius 1 is 0.952 bits per heavy atom. The Hall–Kier alpha value is -1.52. The van der Waals surface area contributed by atoms with Gasteiger partial charge in [-0.05, 0) is 29.8 Å². The van der Waals surface area contributed by atoms with E-state index in [1.54, 1.807) is 6.07 Å². The SMILES string of the molecule is O=C(Cc1ccc(C(F)(F)F)cc1)c1c(Cl)cccc1Cl. The molecule has 6 heteroatoms. The van der Waals surface area contributed by atoms with Gasteiger partial charge in [0.1, 0.15) is 0 Å². The van der Waals surface area contributed by atoms with Gasteiger partial charge in [-0.15, -0.1) is 0 Å². The molecule has 2 rings (SSSR count). The fourth-order valence-corrected chi connectivity index (χ4v) is 2.46. The van der Waals surface area contributed by atoms with E-state index in [2.05, 4.69) is 0 Å². The van der Waals surface area contributed by atoms with Gasteiger partial charge in [0, 0.05) is 6.42 Å². The molecule has 1 nitrogen and oxygen atoms in total. The standard InChI is InChI=1S/C15H9Cl2F3O/c16-11-2-1-3-12(17)14(11)13(21)8-9-4-6-10(7-5-9)15(18,19)20/h1-7H,8H2. The average molecular weight is 333 g/mol. The lowest BCUT2D eigenvalue weighted by Crippen LogP contribution is -2.07. The van der Waals surface area contributed by atoms with Crippen molar-refractivity contribution in [3.05, 3.63) is 69.2 Å². The molecule has 0 saturated heterocycles. The van der Waals surface area contributed by atoms with Gasteiger partial charge in [0.15, 0.2) is 5.78 Å². The van der Waals surface area contributed by atoms with Crippen molar-refractivity contribution in [1.29, 1.82) is 0 Å². The van der Waals surface area contributed by atoms with E-state index in [0.29, 0.717) is 5.56 Å². The molecule has 2 aromatic rings. The van der Waals surface area contributed by atoms with Crippen molar-refractivity contribution in [3.8, 4) is 0 Å². The lowest BCUT2D eigenvalue weighted by atomic mass is 10.0. The van der Waals surface area contributed by atoms with Gasteiger partial charge >= 0.3 is 6.18 Å². The Kier molecular flexibility index (Phi) is 4.59. The number of hydrogen-bond donors (Lipinski definition) is 0. The second-order valence-electron chi connectivity index (χ2n) is 4.39. The Balaban J connectivity index is 2.21. The first kappa shape index (κ1) is 15.9. The molecule has 0 saturated carbocycles. The molecule has 0 aliphatic carbocycles. The highest BCUT2D eigenvalue weighted by atomic mass is 35.5. The van der Waals surface area contributed by atoms with Crippen LogP contribution in [-0.2, 0) is 12.6 Å². The highest BCUT2D eigenvalue weighted by molar-refractivity contribution is 6.39. The van der Waals surface area contributed by atoms with Gasteiger partial charge in [-0.25, -0.2) is 0 Å². The fraction of sp³-hybridized carbons (Fsp3) is 0.133. The minimum absolute atomic E-state index is 0.0679. The van der Waals surface area contributed by atoms with Crippen LogP contribution in [0.4, 0.5) is 13.2 Å². The molecular formula is C15H9Cl2F3O. The first-order chi connectivity index (χ1) is 9.79. The van der Waals surface area contributed by atoms with Gasteiger partial charge in [0.2, 0.25) is 0 Å². The zero-order valence-electron chi connectivity index (χ0n) is 10.5. The Morgan fingerprint density at radius 2 is 1.48 bits per heavy atom. The molecular weight excluding hydrogens is 324 g/mol. The van der Waals surface area contributed by atoms with Crippen LogP contribution in [0.5, 0.6) is 0 Å². The molecule has 0 heterocycles. The van der Waals surface area contributed by atoms with Gasteiger partial charge in [-0.1, -0.05) is 41.4 Å². The van der Waals surface area contributed by atoms with Gasteiger partial charge in [0.25, 0.3) is 0 Å². The number of carbonyl (C=O) groups excluding carboxylic acids is 1. The van der Waals surface area contributed by atoms with E-state index in [1.165, 1.54) is 24.3 Å². The molecule has 0 atom stereocenters. The molecule has 0 amide bonds. The Morgan fingerprint density at radius 3 is 1.95 bits per heavy atom. The van der Waals surface area contributed by atoms with Crippen LogP contribution in [0.1, 0.15) is 21.5 Å². The van der Waals surface area contributed by atoms with Gasteiger partial charge < -0.3 is 0 Å². The minimum atomic E-state index is -4.39. The van der Waals surface area contributed by atoms with Crippen LogP contribution in [0.15, 0.2) is 42.5 Å². The van der Waals surface area contributed by atoms with Crippen molar-refractivity contribution < 1.29 is 18.0 Å². The van der Waals surface area contributed by atoms with E-state index < -0.39 is 11.7 Å². The molecule has 0 N–H and O–H groups in total. The lowest BCUT2D eigenvalue weighted by Gasteiger charge is -2.08. The summed E-state index contributed by atoms with van der Waals surface area (Å²) in [4.78, 5) is 12.1. The van der Waals surface area contributed by atoms with Crippen LogP contribution in [0.3, 0.4) is 0 Å². The van der Waals surface area contributed by atoms with Crippen LogP contribution >= 0.6 is 23.2 Å². The first-order valence-electron chi connectivity index (χ1n) is 5.92. The maximum absolute atomic E-state index is 12.5. The number of benzene rings is 2. The number of hydrogen-bond acceptors (Lipinski definition) is 1. The third-order valence-corrected chi connectivity index (χ3v) is 3.52. The zero-order chi connectivity index (χ0) is 15.6. The van der Waals surface area contributed by atoms with Crippen LogP contribution in [0, 0.1) is 0 Å². The minimum Gasteiger partial charge on any atom is -0.294 e. The highest BCUT2D eigenvalue weighted by Gasteiger charge is 2.30. The van der Waals surface area contributed by atoms with Gasteiger partial charge in [-0.2, -0.15) is 13.2 Å². The van der Waals surface area contributed by atoms with Crippen molar-refractivity contribution in [2.24, 2.45) is 0 Å². The monoisotopic (exact) mass is 332 g/mol. The molecule has 2 aromatic carbocycles. The maximum atomic E-state index is 12.5. The number of Topliss-reactive ketones (excluding diaryl/α,β-unsaturated/α-hetero) is 1. The maximum Gasteiger partial charge on any atom is 0.416 e. The Bertz CT molecular complexity index is 643. The van der Waals surface area contributed by atoms with E-state index in [-0.39, 0.29) is 27.8 Å². The molecule has 21 heavy (non-hydrogen) atoms. The molecule has 110 valence electrons. The van der Waals surface area contributed by atoms with E-state index in [9.17, 15) is 18.0 Å². The summed E-state index contributed by atoms with van der Waals surface area (Å²) in [6.07, 6.45) is -4.46. The lowest BCUT2D eigenvalue weighted by molar-refractivity contribution is -0.137. The summed E-state index contributed by atoms with van der Waals surface area (Å²) < 4.78 is 37.4. The predicted octanol–water partition coefficient (Wildman–Crippen LogP) is 5.44. The summed E-state index contributed by atoms with van der Waals surface area (Å²) in [5, 5.41) is 0.443. The number of carbonyl (C=O) groups is 1. The fourth-order valence-electron chi connectivity index (χ4n) is 1.85. The molecule has 0 spiro atoms.